The molecule has 0 bridgehead atoms. The van der Waals surface area contributed by atoms with Gasteiger partial charge in [-0.3, -0.25) is 4.99 Å². The monoisotopic (exact) mass is 127 g/mol. The van der Waals surface area contributed by atoms with Crippen molar-refractivity contribution in [3.63, 3.8) is 0 Å². The second-order valence-corrected chi connectivity index (χ2v) is 2.05. The van der Waals surface area contributed by atoms with E-state index in [4.69, 9.17) is 4.74 Å². The molecule has 0 fully saturated rings. The van der Waals surface area contributed by atoms with Crippen LogP contribution in [-0.2, 0) is 4.74 Å². The van der Waals surface area contributed by atoms with Crippen LogP contribution in [-0.4, -0.2) is 12.8 Å². The zero-order valence-corrected chi connectivity index (χ0v) is 6.43. The van der Waals surface area contributed by atoms with E-state index in [0.29, 0.717) is 0 Å². The largest absolute Gasteiger partial charge is 0.502 e. The summed E-state index contributed by atoms with van der Waals surface area (Å²) in [7, 11) is 1.62. The number of methoxy groups -OCH3 is 1. The molecule has 0 spiro atoms. The zero-order valence-electron chi connectivity index (χ0n) is 6.43. The van der Waals surface area contributed by atoms with E-state index in [-0.39, 0.29) is 0 Å². The molecule has 0 radical (unpaired) electrons. The normalized spacial score (nSPS) is 10.9. The lowest BCUT2D eigenvalue weighted by Gasteiger charge is -1.92. The first kappa shape index (κ1) is 8.21. The molecule has 9 heavy (non-hydrogen) atoms. The molecule has 0 N–H and O–H groups in total. The molecule has 0 saturated carbocycles. The SMILES string of the molecule is COC=C(C)N=C(C)C. The third kappa shape index (κ3) is 5.07. The van der Waals surface area contributed by atoms with Crippen molar-refractivity contribution >= 4 is 5.71 Å². The fraction of sp³-hybridized carbons (Fsp3) is 0.571. The fourth-order valence-corrected chi connectivity index (χ4v) is 0.550. The van der Waals surface area contributed by atoms with Crippen molar-refractivity contribution in [2.75, 3.05) is 7.11 Å². The van der Waals surface area contributed by atoms with E-state index >= 15 is 0 Å². The molecule has 0 aliphatic rings. The minimum Gasteiger partial charge on any atom is -0.502 e. The molecule has 0 aromatic carbocycles. The lowest BCUT2D eigenvalue weighted by Crippen LogP contribution is -1.81. The van der Waals surface area contributed by atoms with Gasteiger partial charge in [0.2, 0.25) is 0 Å². The highest BCUT2D eigenvalue weighted by Gasteiger charge is 1.81. The smallest absolute Gasteiger partial charge is 0.104 e. The fourth-order valence-electron chi connectivity index (χ4n) is 0.550. The van der Waals surface area contributed by atoms with Crippen LogP contribution in [0.1, 0.15) is 20.8 Å². The van der Waals surface area contributed by atoms with Gasteiger partial charge in [0.15, 0.2) is 0 Å². The average Bonchev–Trinajstić information content (AvgIpc) is 1.63. The molecule has 0 saturated heterocycles. The summed E-state index contributed by atoms with van der Waals surface area (Å²) in [5.74, 6) is 0. The summed E-state index contributed by atoms with van der Waals surface area (Å²) in [6.45, 7) is 5.80. The summed E-state index contributed by atoms with van der Waals surface area (Å²) >= 11 is 0. The third-order valence-electron chi connectivity index (χ3n) is 0.688. The molecular formula is C7H13NO. The van der Waals surface area contributed by atoms with E-state index in [2.05, 4.69) is 4.99 Å². The Morgan fingerprint density at radius 3 is 2.22 bits per heavy atom. The highest BCUT2D eigenvalue weighted by molar-refractivity contribution is 5.80. The van der Waals surface area contributed by atoms with Crippen LogP contribution < -0.4 is 0 Å². The Labute approximate surface area is 56.2 Å². The van der Waals surface area contributed by atoms with Crippen LogP contribution in [0.4, 0.5) is 0 Å². The molecule has 0 unspecified atom stereocenters. The van der Waals surface area contributed by atoms with E-state index in [1.54, 1.807) is 13.4 Å². The van der Waals surface area contributed by atoms with Crippen LogP contribution in [0.25, 0.3) is 0 Å². The molecule has 0 aromatic rings. The number of hydrogen-bond donors (Lipinski definition) is 0. The molecule has 52 valence electrons. The number of nitrogens with zero attached hydrogens (tertiary/aromatic N) is 1. The van der Waals surface area contributed by atoms with Gasteiger partial charge in [0.1, 0.15) is 6.26 Å². The van der Waals surface area contributed by atoms with Gasteiger partial charge in [-0.1, -0.05) is 0 Å². The Morgan fingerprint density at radius 2 is 1.89 bits per heavy atom. The predicted molar refractivity (Wildman–Crippen MR) is 39.5 cm³/mol. The highest BCUT2D eigenvalue weighted by atomic mass is 16.5. The first-order valence-electron chi connectivity index (χ1n) is 2.88. The van der Waals surface area contributed by atoms with E-state index in [9.17, 15) is 0 Å². The van der Waals surface area contributed by atoms with Crippen molar-refractivity contribution in [3.05, 3.63) is 12.0 Å². The molecule has 0 aliphatic carbocycles. The second kappa shape index (κ2) is 4.13. The van der Waals surface area contributed by atoms with Crippen molar-refractivity contribution in [1.82, 2.24) is 0 Å². The van der Waals surface area contributed by atoms with Gasteiger partial charge in [-0.15, -0.1) is 0 Å². The first-order valence-corrected chi connectivity index (χ1v) is 2.88. The summed E-state index contributed by atoms with van der Waals surface area (Å²) in [4.78, 5) is 4.12. The van der Waals surface area contributed by atoms with Crippen molar-refractivity contribution in [3.8, 4) is 0 Å². The Balaban J connectivity index is 3.90. The van der Waals surface area contributed by atoms with Gasteiger partial charge in [-0.25, -0.2) is 0 Å². The molecule has 0 atom stereocenters. The maximum absolute atomic E-state index is 4.74. The average molecular weight is 127 g/mol. The topological polar surface area (TPSA) is 21.6 Å². The minimum atomic E-state index is 0.900. The summed E-state index contributed by atoms with van der Waals surface area (Å²) in [5.41, 5.74) is 1.94. The Morgan fingerprint density at radius 1 is 1.33 bits per heavy atom. The maximum Gasteiger partial charge on any atom is 0.104 e. The van der Waals surface area contributed by atoms with Crippen molar-refractivity contribution in [1.29, 1.82) is 0 Å². The molecule has 0 rings (SSSR count). The molecular weight excluding hydrogens is 114 g/mol. The van der Waals surface area contributed by atoms with Gasteiger partial charge in [0.25, 0.3) is 0 Å². The van der Waals surface area contributed by atoms with Crippen LogP contribution in [0.3, 0.4) is 0 Å². The molecule has 2 heteroatoms. The molecule has 0 amide bonds. The van der Waals surface area contributed by atoms with E-state index in [1.165, 1.54) is 0 Å². The van der Waals surface area contributed by atoms with Crippen LogP contribution in [0, 0.1) is 0 Å². The lowest BCUT2D eigenvalue weighted by molar-refractivity contribution is 0.333. The standard InChI is InChI=1S/C7H13NO/c1-6(2)8-7(3)5-9-4/h5H,1-4H3. The van der Waals surface area contributed by atoms with Gasteiger partial charge in [0.05, 0.1) is 12.8 Å². The van der Waals surface area contributed by atoms with E-state index in [1.807, 2.05) is 20.8 Å². The Bertz CT molecular complexity index is 132. The number of allylic oxidation sites excluding steroid dienone is 1. The molecule has 0 aromatic heterocycles. The zero-order chi connectivity index (χ0) is 7.28. The van der Waals surface area contributed by atoms with Gasteiger partial charge in [-0.2, -0.15) is 0 Å². The van der Waals surface area contributed by atoms with Crippen LogP contribution in [0.5, 0.6) is 0 Å². The summed E-state index contributed by atoms with van der Waals surface area (Å²) in [5, 5.41) is 0. The van der Waals surface area contributed by atoms with Crippen molar-refractivity contribution in [2.45, 2.75) is 20.8 Å². The predicted octanol–water partition coefficient (Wildman–Crippen LogP) is 1.97. The minimum absolute atomic E-state index is 0.900. The van der Waals surface area contributed by atoms with Crippen molar-refractivity contribution in [2.24, 2.45) is 4.99 Å². The van der Waals surface area contributed by atoms with Crippen molar-refractivity contribution < 1.29 is 4.74 Å². The Hall–Kier alpha value is -0.790. The van der Waals surface area contributed by atoms with Gasteiger partial charge in [-0.05, 0) is 20.8 Å². The lowest BCUT2D eigenvalue weighted by atomic mass is 10.4. The molecule has 0 heterocycles. The first-order chi connectivity index (χ1) is 4.16. The van der Waals surface area contributed by atoms with Gasteiger partial charge >= 0.3 is 0 Å². The highest BCUT2D eigenvalue weighted by Crippen LogP contribution is 1.94. The van der Waals surface area contributed by atoms with E-state index in [0.717, 1.165) is 11.4 Å². The summed E-state index contributed by atoms with van der Waals surface area (Å²) in [6.07, 6.45) is 1.62. The summed E-state index contributed by atoms with van der Waals surface area (Å²) < 4.78 is 4.74. The van der Waals surface area contributed by atoms with Crippen LogP contribution >= 0.6 is 0 Å². The molecule has 0 aliphatic heterocycles. The second-order valence-electron chi connectivity index (χ2n) is 2.05. The number of hydrogen-bond acceptors (Lipinski definition) is 2. The third-order valence-corrected chi connectivity index (χ3v) is 0.688. The van der Waals surface area contributed by atoms with Gasteiger partial charge in [0, 0.05) is 5.71 Å². The number of aliphatic imine (C=N–C) groups is 1. The van der Waals surface area contributed by atoms with Crippen LogP contribution in [0.15, 0.2) is 17.0 Å². The summed E-state index contributed by atoms with van der Waals surface area (Å²) in [6, 6.07) is 0. The Kier molecular flexibility index (Phi) is 3.76. The quantitative estimate of drug-likeness (QED) is 0.410. The number of rotatable bonds is 2. The molecule has 2 nitrogen and oxygen atoms in total. The maximum atomic E-state index is 4.74. The van der Waals surface area contributed by atoms with E-state index < -0.39 is 0 Å². The van der Waals surface area contributed by atoms with Gasteiger partial charge < -0.3 is 4.74 Å². The van der Waals surface area contributed by atoms with Crippen LogP contribution in [0.2, 0.25) is 0 Å². The number of ether oxygens (including phenoxy) is 1.